The van der Waals surface area contributed by atoms with Crippen LogP contribution in [0.5, 0.6) is 0 Å². The van der Waals surface area contributed by atoms with Gasteiger partial charge in [0, 0.05) is 35.0 Å². The first-order valence-corrected chi connectivity index (χ1v) is 7.91. The van der Waals surface area contributed by atoms with Gasteiger partial charge in [0.1, 0.15) is 17.1 Å². The molecule has 2 atom stereocenters. The number of aryl methyl sites for hydroxylation is 1. The van der Waals surface area contributed by atoms with Crippen molar-refractivity contribution in [2.45, 2.75) is 31.7 Å². The maximum absolute atomic E-state index is 13.9. The molecule has 7 heteroatoms. The second kappa shape index (κ2) is 6.28. The van der Waals surface area contributed by atoms with Crippen LogP contribution in [0, 0.1) is 5.82 Å². The van der Waals surface area contributed by atoms with Crippen LogP contribution in [-0.2, 0) is 6.42 Å². The summed E-state index contributed by atoms with van der Waals surface area (Å²) in [6.07, 6.45) is 0.936. The Morgan fingerprint density at radius 3 is 2.79 bits per heavy atom. The number of carbonyl (C=O) groups excluding carboxylic acids is 1. The first kappa shape index (κ1) is 16.5. The van der Waals surface area contributed by atoms with E-state index in [1.165, 1.54) is 18.2 Å². The molecule has 3 rings (SSSR count). The number of carboxylic acids is 1. The Bertz CT molecular complexity index is 797. The smallest absolute Gasteiger partial charge is 0.339 e. The number of benzene rings is 1. The van der Waals surface area contributed by atoms with E-state index < -0.39 is 17.7 Å². The summed E-state index contributed by atoms with van der Waals surface area (Å²) in [6, 6.07) is 5.42. The number of aromatic carboxylic acids is 1. The normalized spacial score (nSPS) is 19.1. The molecule has 1 aromatic heterocycles. The number of carbonyl (C=O) groups is 2. The summed E-state index contributed by atoms with van der Waals surface area (Å²) < 4.78 is 19.2. The molecule has 1 aliphatic carbocycles. The Hall–Kier alpha value is -2.34. The highest BCUT2D eigenvalue weighted by molar-refractivity contribution is 6.31. The number of hydrogen-bond acceptors (Lipinski definition) is 3. The fraction of sp³-hybridized carbons (Fsp3) is 0.294. The molecule has 1 amide bonds. The van der Waals surface area contributed by atoms with Crippen molar-refractivity contribution in [3.8, 4) is 0 Å². The molecule has 0 saturated heterocycles. The summed E-state index contributed by atoms with van der Waals surface area (Å²) in [7, 11) is 0. The van der Waals surface area contributed by atoms with Gasteiger partial charge in [-0.05, 0) is 18.6 Å². The summed E-state index contributed by atoms with van der Waals surface area (Å²) in [5, 5.41) is 12.1. The van der Waals surface area contributed by atoms with Gasteiger partial charge in [-0.15, -0.1) is 0 Å². The zero-order valence-corrected chi connectivity index (χ0v) is 13.6. The largest absolute Gasteiger partial charge is 0.478 e. The maximum atomic E-state index is 13.9. The second-order valence-corrected chi connectivity index (χ2v) is 6.07. The van der Waals surface area contributed by atoms with Gasteiger partial charge in [-0.1, -0.05) is 24.6 Å². The fourth-order valence-electron chi connectivity index (χ4n) is 2.76. The van der Waals surface area contributed by atoms with Gasteiger partial charge in [-0.3, -0.25) is 4.79 Å². The van der Waals surface area contributed by atoms with E-state index in [0.29, 0.717) is 23.4 Å². The lowest BCUT2D eigenvalue weighted by molar-refractivity contribution is 0.0694. The Morgan fingerprint density at radius 1 is 1.46 bits per heavy atom. The predicted molar refractivity (Wildman–Crippen MR) is 85.1 cm³/mol. The molecule has 0 radical (unpaired) electrons. The van der Waals surface area contributed by atoms with E-state index in [0.717, 1.165) is 0 Å². The lowest BCUT2D eigenvalue weighted by atomic mass is 10.1. The minimum atomic E-state index is -1.14. The molecular formula is C17H15ClFNO4. The van der Waals surface area contributed by atoms with Crippen molar-refractivity contribution in [3.05, 3.63) is 57.8 Å². The van der Waals surface area contributed by atoms with Crippen molar-refractivity contribution in [1.82, 2.24) is 5.32 Å². The summed E-state index contributed by atoms with van der Waals surface area (Å²) in [5.74, 6) is -2.06. The number of carboxylic acid groups (broad SMARTS) is 1. The van der Waals surface area contributed by atoms with Crippen LogP contribution in [0.1, 0.15) is 51.5 Å². The Labute approximate surface area is 142 Å². The summed E-state index contributed by atoms with van der Waals surface area (Å²) in [4.78, 5) is 23.3. The first-order chi connectivity index (χ1) is 11.4. The van der Waals surface area contributed by atoms with Crippen molar-refractivity contribution in [2.75, 3.05) is 0 Å². The van der Waals surface area contributed by atoms with Gasteiger partial charge in [0.15, 0.2) is 5.76 Å². The molecule has 0 aliphatic heterocycles. The van der Waals surface area contributed by atoms with E-state index in [2.05, 4.69) is 5.32 Å². The van der Waals surface area contributed by atoms with E-state index in [9.17, 15) is 14.0 Å². The Balaban J connectivity index is 1.72. The van der Waals surface area contributed by atoms with Crippen molar-refractivity contribution in [1.29, 1.82) is 0 Å². The highest BCUT2D eigenvalue weighted by Crippen LogP contribution is 2.45. The van der Waals surface area contributed by atoms with Crippen LogP contribution in [0.15, 0.2) is 28.7 Å². The molecule has 2 unspecified atom stereocenters. The maximum Gasteiger partial charge on any atom is 0.339 e. The Kier molecular flexibility index (Phi) is 4.32. The highest BCUT2D eigenvalue weighted by Gasteiger charge is 2.42. The van der Waals surface area contributed by atoms with Gasteiger partial charge in [0.2, 0.25) is 0 Å². The second-order valence-electron chi connectivity index (χ2n) is 5.66. The van der Waals surface area contributed by atoms with Crippen LogP contribution in [0.2, 0.25) is 5.02 Å². The van der Waals surface area contributed by atoms with Gasteiger partial charge >= 0.3 is 5.97 Å². The van der Waals surface area contributed by atoms with Gasteiger partial charge in [0.25, 0.3) is 5.91 Å². The number of amides is 1. The molecule has 1 saturated carbocycles. The quantitative estimate of drug-likeness (QED) is 0.862. The fourth-order valence-corrected chi connectivity index (χ4v) is 3.07. The van der Waals surface area contributed by atoms with E-state index in [1.54, 1.807) is 13.0 Å². The molecular weight excluding hydrogens is 337 g/mol. The number of furan rings is 1. The summed E-state index contributed by atoms with van der Waals surface area (Å²) >= 11 is 6.02. The van der Waals surface area contributed by atoms with E-state index in [-0.39, 0.29) is 29.0 Å². The van der Waals surface area contributed by atoms with Crippen LogP contribution in [0.3, 0.4) is 0 Å². The van der Waals surface area contributed by atoms with Crippen LogP contribution < -0.4 is 5.32 Å². The molecule has 126 valence electrons. The molecule has 24 heavy (non-hydrogen) atoms. The van der Waals surface area contributed by atoms with Crippen molar-refractivity contribution < 1.29 is 23.5 Å². The average molecular weight is 352 g/mol. The number of rotatable bonds is 5. The van der Waals surface area contributed by atoms with Gasteiger partial charge in [-0.2, -0.15) is 0 Å². The average Bonchev–Trinajstić information content (AvgIpc) is 3.12. The van der Waals surface area contributed by atoms with E-state index >= 15 is 0 Å². The number of halogens is 2. The van der Waals surface area contributed by atoms with Gasteiger partial charge < -0.3 is 14.8 Å². The zero-order chi connectivity index (χ0) is 17.4. The molecule has 0 bridgehead atoms. The minimum absolute atomic E-state index is 0.0212. The third-order valence-electron chi connectivity index (χ3n) is 4.06. The Morgan fingerprint density at radius 2 is 2.21 bits per heavy atom. The first-order valence-electron chi connectivity index (χ1n) is 7.53. The third-order valence-corrected chi connectivity index (χ3v) is 4.39. The standard InChI is InChI=1S/C17H15ClFNO4/c1-2-13-9(17(22)23)7-14(24-13)16(21)20-12-6-8(12)15-10(18)4-3-5-11(15)19/h3-5,7-8,12H,2,6H2,1H3,(H,20,21)(H,22,23). The highest BCUT2D eigenvalue weighted by atomic mass is 35.5. The van der Waals surface area contributed by atoms with Gasteiger partial charge in [0.05, 0.1) is 0 Å². The van der Waals surface area contributed by atoms with Crippen molar-refractivity contribution in [2.24, 2.45) is 0 Å². The van der Waals surface area contributed by atoms with Gasteiger partial charge in [-0.25, -0.2) is 9.18 Å². The molecule has 2 N–H and O–H groups in total. The molecule has 2 aromatic rings. The molecule has 1 aromatic carbocycles. The monoisotopic (exact) mass is 351 g/mol. The minimum Gasteiger partial charge on any atom is -0.478 e. The molecule has 1 aliphatic rings. The predicted octanol–water partition coefficient (Wildman–Crippen LogP) is 3.62. The SMILES string of the molecule is CCc1oc(C(=O)NC2CC2c2c(F)cccc2Cl)cc1C(=O)O. The van der Waals surface area contributed by atoms with E-state index in [4.69, 9.17) is 21.1 Å². The molecule has 0 spiro atoms. The van der Waals surface area contributed by atoms with Crippen LogP contribution in [-0.4, -0.2) is 23.0 Å². The lowest BCUT2D eigenvalue weighted by Crippen LogP contribution is -2.26. The van der Waals surface area contributed by atoms with Crippen LogP contribution in [0.25, 0.3) is 0 Å². The molecule has 5 nitrogen and oxygen atoms in total. The molecule has 1 fully saturated rings. The number of nitrogens with one attached hydrogen (secondary N) is 1. The number of hydrogen-bond donors (Lipinski definition) is 2. The summed E-state index contributed by atoms with van der Waals surface area (Å²) in [6.45, 7) is 1.74. The molecule has 1 heterocycles. The van der Waals surface area contributed by atoms with E-state index in [1.807, 2.05) is 0 Å². The topological polar surface area (TPSA) is 79.5 Å². The van der Waals surface area contributed by atoms with Crippen molar-refractivity contribution in [3.63, 3.8) is 0 Å². The summed E-state index contributed by atoms with van der Waals surface area (Å²) in [5.41, 5.74) is 0.372. The van der Waals surface area contributed by atoms with Crippen LogP contribution in [0.4, 0.5) is 4.39 Å². The van der Waals surface area contributed by atoms with Crippen molar-refractivity contribution >= 4 is 23.5 Å². The van der Waals surface area contributed by atoms with Crippen LogP contribution >= 0.6 is 11.6 Å². The lowest BCUT2D eigenvalue weighted by Gasteiger charge is -2.06. The zero-order valence-electron chi connectivity index (χ0n) is 12.8. The third kappa shape index (κ3) is 3.01.